The SMILES string of the molecule is COc1ccc(C(=O)c2c(C(=O)NOCCCc3ccccc3)[nH]c(=O)c(C#N)c2C(=O)NOCCCc2ccccc2)cc1. The van der Waals surface area contributed by atoms with Crippen molar-refractivity contribution in [3.8, 4) is 11.8 Å². The van der Waals surface area contributed by atoms with Crippen molar-refractivity contribution in [1.82, 2.24) is 15.9 Å². The zero-order chi connectivity index (χ0) is 32.0. The maximum atomic E-state index is 13.8. The molecule has 0 atom stereocenters. The number of methoxy groups -OCH3 is 1. The summed E-state index contributed by atoms with van der Waals surface area (Å²) in [6.45, 7) is 0.241. The fraction of sp³-hybridized carbons (Fsp3) is 0.206. The number of carbonyl (C=O) groups is 3. The van der Waals surface area contributed by atoms with Crippen molar-refractivity contribution in [2.24, 2.45) is 0 Å². The molecule has 0 aliphatic rings. The number of rotatable bonds is 15. The average molecular weight is 609 g/mol. The van der Waals surface area contributed by atoms with Crippen LogP contribution in [0.25, 0.3) is 0 Å². The average Bonchev–Trinajstić information content (AvgIpc) is 3.08. The van der Waals surface area contributed by atoms with Crippen molar-refractivity contribution in [3.63, 3.8) is 0 Å². The van der Waals surface area contributed by atoms with Crippen LogP contribution in [0.15, 0.2) is 89.7 Å². The van der Waals surface area contributed by atoms with Crippen LogP contribution < -0.4 is 21.3 Å². The van der Waals surface area contributed by atoms with Gasteiger partial charge in [0, 0.05) is 5.56 Å². The molecule has 1 aromatic heterocycles. The first-order valence-corrected chi connectivity index (χ1v) is 14.2. The van der Waals surface area contributed by atoms with Gasteiger partial charge in [-0.05, 0) is 61.1 Å². The highest BCUT2D eigenvalue weighted by Crippen LogP contribution is 2.22. The molecule has 45 heavy (non-hydrogen) atoms. The zero-order valence-electron chi connectivity index (χ0n) is 24.6. The van der Waals surface area contributed by atoms with Crippen LogP contribution in [0.1, 0.15) is 66.3 Å². The molecule has 0 unspecified atom stereocenters. The number of nitrogens with zero attached hydrogens (tertiary/aromatic N) is 1. The normalized spacial score (nSPS) is 10.5. The van der Waals surface area contributed by atoms with Crippen LogP contribution in [0.3, 0.4) is 0 Å². The van der Waals surface area contributed by atoms with Gasteiger partial charge in [-0.15, -0.1) is 0 Å². The Kier molecular flexibility index (Phi) is 11.7. The molecule has 1 heterocycles. The standard InChI is InChI=1S/C34H32N4O7/c1-43-26-18-16-25(17-19-26)31(39)29-28(33(41)37-44-20-8-14-23-10-4-2-5-11-23)27(22-35)32(40)36-30(29)34(42)38-45-21-9-15-24-12-6-3-7-13-24/h2-7,10-13,16-19H,8-9,14-15,20-21H2,1H3,(H,36,40)(H,37,41)(H,38,42). The third-order valence-corrected chi connectivity index (χ3v) is 6.80. The van der Waals surface area contributed by atoms with E-state index in [0.717, 1.165) is 11.1 Å². The van der Waals surface area contributed by atoms with Crippen LogP contribution in [0, 0.1) is 11.3 Å². The van der Waals surface area contributed by atoms with Crippen molar-refractivity contribution < 1.29 is 28.8 Å². The summed E-state index contributed by atoms with van der Waals surface area (Å²) in [4.78, 5) is 66.4. The van der Waals surface area contributed by atoms with Gasteiger partial charge in [-0.3, -0.25) is 28.9 Å². The fourth-order valence-corrected chi connectivity index (χ4v) is 4.54. The summed E-state index contributed by atoms with van der Waals surface area (Å²) >= 11 is 0. The zero-order valence-corrected chi connectivity index (χ0v) is 24.6. The molecule has 11 nitrogen and oxygen atoms in total. The lowest BCUT2D eigenvalue weighted by molar-refractivity contribution is 0.0293. The molecule has 0 aliphatic heterocycles. The Bertz CT molecular complexity index is 1710. The fourth-order valence-electron chi connectivity index (χ4n) is 4.54. The number of nitrogens with one attached hydrogen (secondary N) is 3. The van der Waals surface area contributed by atoms with Crippen LogP contribution in [0.2, 0.25) is 0 Å². The van der Waals surface area contributed by atoms with Gasteiger partial charge in [0.15, 0.2) is 5.78 Å². The van der Waals surface area contributed by atoms with Gasteiger partial charge >= 0.3 is 0 Å². The number of aromatic nitrogens is 1. The third kappa shape index (κ3) is 8.73. The summed E-state index contributed by atoms with van der Waals surface area (Å²) in [5.74, 6) is -2.35. The third-order valence-electron chi connectivity index (χ3n) is 6.80. The Labute approximate surface area is 259 Å². The van der Waals surface area contributed by atoms with E-state index in [1.54, 1.807) is 6.07 Å². The number of aryl methyl sites for hydroxylation is 2. The number of ether oxygens (including phenoxy) is 1. The number of hydroxylamine groups is 2. The molecule has 0 saturated heterocycles. The lowest BCUT2D eigenvalue weighted by atomic mass is 9.93. The minimum Gasteiger partial charge on any atom is -0.497 e. The Hall–Kier alpha value is -5.57. The van der Waals surface area contributed by atoms with E-state index in [9.17, 15) is 24.4 Å². The van der Waals surface area contributed by atoms with Crippen LogP contribution in [-0.2, 0) is 22.5 Å². The summed E-state index contributed by atoms with van der Waals surface area (Å²) in [5.41, 5.74) is 3.37. The number of pyridine rings is 1. The van der Waals surface area contributed by atoms with E-state index in [1.807, 2.05) is 60.7 Å². The lowest BCUT2D eigenvalue weighted by Gasteiger charge is -2.15. The molecule has 0 saturated carbocycles. The minimum atomic E-state index is -1.04. The predicted molar refractivity (Wildman–Crippen MR) is 165 cm³/mol. The highest BCUT2D eigenvalue weighted by molar-refractivity contribution is 6.20. The van der Waals surface area contributed by atoms with Crippen molar-refractivity contribution in [3.05, 3.63) is 134 Å². The van der Waals surface area contributed by atoms with E-state index >= 15 is 0 Å². The molecule has 11 heteroatoms. The van der Waals surface area contributed by atoms with Gasteiger partial charge in [-0.25, -0.2) is 11.0 Å². The summed E-state index contributed by atoms with van der Waals surface area (Å²) in [6.07, 6.45) is 2.50. The molecule has 4 rings (SSSR count). The first kappa shape index (κ1) is 32.3. The second kappa shape index (κ2) is 16.3. The number of nitriles is 1. The van der Waals surface area contributed by atoms with Crippen LogP contribution in [0.5, 0.6) is 5.75 Å². The van der Waals surface area contributed by atoms with Crippen LogP contribution in [-0.4, -0.2) is 42.9 Å². The van der Waals surface area contributed by atoms with Gasteiger partial charge in [0.05, 0.1) is 31.5 Å². The smallest absolute Gasteiger partial charge is 0.292 e. The van der Waals surface area contributed by atoms with Crippen molar-refractivity contribution in [2.45, 2.75) is 25.7 Å². The largest absolute Gasteiger partial charge is 0.497 e. The molecule has 0 spiro atoms. The van der Waals surface area contributed by atoms with E-state index < -0.39 is 45.5 Å². The number of aromatic amines is 1. The number of hydrogen-bond acceptors (Lipinski definition) is 8. The van der Waals surface area contributed by atoms with E-state index in [-0.39, 0.29) is 18.8 Å². The first-order valence-electron chi connectivity index (χ1n) is 14.2. The second-order valence-corrected chi connectivity index (χ2v) is 9.86. The van der Waals surface area contributed by atoms with Gasteiger partial charge in [0.1, 0.15) is 23.1 Å². The quantitative estimate of drug-likeness (QED) is 0.103. The molecule has 4 aromatic rings. The maximum Gasteiger partial charge on any atom is 0.292 e. The molecule has 230 valence electrons. The molecule has 0 radical (unpaired) electrons. The Morgan fingerprint density at radius 2 is 1.29 bits per heavy atom. The van der Waals surface area contributed by atoms with Crippen molar-refractivity contribution >= 4 is 17.6 Å². The number of ketones is 1. The number of benzene rings is 3. The highest BCUT2D eigenvalue weighted by Gasteiger charge is 2.31. The maximum absolute atomic E-state index is 13.8. The molecule has 0 fully saturated rings. The van der Waals surface area contributed by atoms with E-state index in [1.165, 1.54) is 31.4 Å². The van der Waals surface area contributed by atoms with Crippen LogP contribution >= 0.6 is 0 Å². The number of H-pyrrole nitrogens is 1. The molecular weight excluding hydrogens is 576 g/mol. The molecule has 0 bridgehead atoms. The molecular formula is C34H32N4O7. The Morgan fingerprint density at radius 3 is 1.80 bits per heavy atom. The van der Waals surface area contributed by atoms with E-state index in [0.29, 0.717) is 31.4 Å². The lowest BCUT2D eigenvalue weighted by Crippen LogP contribution is -2.35. The summed E-state index contributed by atoms with van der Waals surface area (Å²) in [5, 5.41) is 9.81. The molecule has 0 aliphatic carbocycles. The van der Waals surface area contributed by atoms with Crippen molar-refractivity contribution in [1.29, 1.82) is 5.26 Å². The molecule has 3 N–H and O–H groups in total. The summed E-state index contributed by atoms with van der Waals surface area (Å²) in [7, 11) is 1.46. The number of amides is 2. The topological polar surface area (TPSA) is 160 Å². The highest BCUT2D eigenvalue weighted by atomic mass is 16.7. The number of carbonyl (C=O) groups excluding carboxylic acids is 3. The van der Waals surface area contributed by atoms with Gasteiger partial charge in [0.2, 0.25) is 0 Å². The van der Waals surface area contributed by atoms with E-state index in [4.69, 9.17) is 14.4 Å². The van der Waals surface area contributed by atoms with Crippen molar-refractivity contribution in [2.75, 3.05) is 20.3 Å². The first-order chi connectivity index (χ1) is 21.9. The van der Waals surface area contributed by atoms with Gasteiger partial charge in [0.25, 0.3) is 17.4 Å². The van der Waals surface area contributed by atoms with Gasteiger partial charge in [-0.2, -0.15) is 5.26 Å². The molecule has 2 amide bonds. The predicted octanol–water partition coefficient (Wildman–Crippen LogP) is 4.07. The van der Waals surface area contributed by atoms with Crippen LogP contribution in [0.4, 0.5) is 0 Å². The summed E-state index contributed by atoms with van der Waals surface area (Å²) < 4.78 is 5.15. The number of hydrogen-bond donors (Lipinski definition) is 3. The minimum absolute atomic E-state index is 0.0717. The molecule has 3 aromatic carbocycles. The Morgan fingerprint density at radius 1 is 0.756 bits per heavy atom. The monoisotopic (exact) mass is 608 g/mol. The van der Waals surface area contributed by atoms with Gasteiger partial charge < -0.3 is 9.72 Å². The Balaban J connectivity index is 1.57. The second-order valence-electron chi connectivity index (χ2n) is 9.86. The summed E-state index contributed by atoms with van der Waals surface area (Å²) in [6, 6.07) is 26.9. The van der Waals surface area contributed by atoms with Gasteiger partial charge in [-0.1, -0.05) is 60.7 Å². The van der Waals surface area contributed by atoms with E-state index in [2.05, 4.69) is 15.9 Å².